The lowest BCUT2D eigenvalue weighted by Gasteiger charge is -2.17. The number of hydrogen-bond donors (Lipinski definition) is 2. The maximum Gasteiger partial charge on any atom is 0.296 e. The summed E-state index contributed by atoms with van der Waals surface area (Å²) in [7, 11) is 1.50. The van der Waals surface area contributed by atoms with Gasteiger partial charge in [-0.25, -0.2) is 0 Å². The lowest BCUT2D eigenvalue weighted by molar-refractivity contribution is -0.384. The van der Waals surface area contributed by atoms with Crippen LogP contribution in [-0.2, 0) is 0 Å². The zero-order valence-corrected chi connectivity index (χ0v) is 11.0. The van der Waals surface area contributed by atoms with Gasteiger partial charge in [-0.3, -0.25) is 10.1 Å². The number of anilines is 1. The monoisotopic (exact) mass is 265 g/mol. The van der Waals surface area contributed by atoms with Crippen molar-refractivity contribution in [1.29, 1.82) is 0 Å². The molecule has 0 aliphatic carbocycles. The number of nitrogens with zero attached hydrogens (tertiary/aromatic N) is 1. The van der Waals surface area contributed by atoms with Crippen LogP contribution in [0.15, 0.2) is 18.2 Å². The number of ether oxygens (including phenoxy) is 1. The first-order chi connectivity index (χ1) is 9.20. The van der Waals surface area contributed by atoms with Crippen molar-refractivity contribution in [1.82, 2.24) is 5.32 Å². The Morgan fingerprint density at radius 2 is 2.26 bits per heavy atom. The van der Waals surface area contributed by atoms with Crippen LogP contribution in [0.3, 0.4) is 0 Å². The van der Waals surface area contributed by atoms with Gasteiger partial charge < -0.3 is 15.4 Å². The van der Waals surface area contributed by atoms with Crippen LogP contribution in [0, 0.1) is 10.1 Å². The number of nitrogens with one attached hydrogen (secondary N) is 2. The molecule has 1 aliphatic heterocycles. The summed E-state index contributed by atoms with van der Waals surface area (Å²) in [5, 5.41) is 17.7. The third-order valence-electron chi connectivity index (χ3n) is 3.34. The van der Waals surface area contributed by atoms with E-state index in [4.69, 9.17) is 4.74 Å². The van der Waals surface area contributed by atoms with Crippen molar-refractivity contribution >= 4 is 11.4 Å². The van der Waals surface area contributed by atoms with Gasteiger partial charge in [0.25, 0.3) is 5.69 Å². The smallest absolute Gasteiger partial charge is 0.296 e. The molecule has 1 aliphatic rings. The average molecular weight is 265 g/mol. The Bertz CT molecular complexity index is 443. The Labute approximate surface area is 112 Å². The molecular formula is C13H19N3O3. The van der Waals surface area contributed by atoms with E-state index in [1.54, 1.807) is 12.1 Å². The van der Waals surface area contributed by atoms with Crippen LogP contribution >= 0.6 is 0 Å². The Morgan fingerprint density at radius 1 is 1.42 bits per heavy atom. The summed E-state index contributed by atoms with van der Waals surface area (Å²) in [5.74, 6) is 0.500. The number of methoxy groups -OCH3 is 1. The highest BCUT2D eigenvalue weighted by Gasteiger charge is 2.19. The normalized spacial score (nSPS) is 19.5. The van der Waals surface area contributed by atoms with Crippen molar-refractivity contribution in [3.05, 3.63) is 28.3 Å². The topological polar surface area (TPSA) is 76.4 Å². The van der Waals surface area contributed by atoms with Crippen LogP contribution < -0.4 is 15.4 Å². The molecule has 1 aromatic rings. The Balaban J connectivity index is 2.16. The second kappa shape index (κ2) is 6.38. The summed E-state index contributed by atoms with van der Waals surface area (Å²) in [6.07, 6.45) is 3.08. The summed E-state index contributed by atoms with van der Waals surface area (Å²) in [6, 6.07) is 5.19. The minimum atomic E-state index is -0.375. The van der Waals surface area contributed by atoms with E-state index in [-0.39, 0.29) is 16.7 Å². The summed E-state index contributed by atoms with van der Waals surface area (Å²) >= 11 is 0. The first-order valence-electron chi connectivity index (χ1n) is 6.50. The van der Waals surface area contributed by atoms with E-state index >= 15 is 0 Å². The number of nitro groups is 1. The van der Waals surface area contributed by atoms with E-state index in [9.17, 15) is 10.1 Å². The van der Waals surface area contributed by atoms with E-state index in [0.29, 0.717) is 11.4 Å². The van der Waals surface area contributed by atoms with Crippen molar-refractivity contribution in [2.75, 3.05) is 25.5 Å². The molecule has 2 rings (SSSR count). The Hall–Kier alpha value is -1.82. The minimum Gasteiger partial charge on any atom is -0.496 e. The molecule has 0 saturated carbocycles. The maximum atomic E-state index is 11.1. The van der Waals surface area contributed by atoms with Crippen molar-refractivity contribution in [2.24, 2.45) is 0 Å². The molecule has 1 fully saturated rings. The molecule has 0 spiro atoms. The molecule has 1 atom stereocenters. The summed E-state index contributed by atoms with van der Waals surface area (Å²) in [4.78, 5) is 10.7. The Kier molecular flexibility index (Phi) is 4.57. The van der Waals surface area contributed by atoms with E-state index in [1.165, 1.54) is 13.2 Å². The van der Waals surface area contributed by atoms with Gasteiger partial charge in [-0.05, 0) is 44.5 Å². The highest BCUT2D eigenvalue weighted by atomic mass is 16.6. The van der Waals surface area contributed by atoms with E-state index in [2.05, 4.69) is 10.6 Å². The molecule has 104 valence electrons. The molecule has 1 saturated heterocycles. The molecule has 0 amide bonds. The Morgan fingerprint density at radius 3 is 3.00 bits per heavy atom. The third kappa shape index (κ3) is 3.57. The van der Waals surface area contributed by atoms with Crippen molar-refractivity contribution in [3.8, 4) is 5.75 Å². The van der Waals surface area contributed by atoms with Crippen LogP contribution in [-0.4, -0.2) is 31.2 Å². The van der Waals surface area contributed by atoms with Gasteiger partial charge in [-0.1, -0.05) is 0 Å². The maximum absolute atomic E-state index is 11.1. The van der Waals surface area contributed by atoms with Crippen molar-refractivity contribution < 1.29 is 9.66 Å². The molecule has 0 radical (unpaired) electrons. The van der Waals surface area contributed by atoms with Gasteiger partial charge >= 0.3 is 0 Å². The average Bonchev–Trinajstić information content (AvgIpc) is 2.67. The second-order valence-electron chi connectivity index (χ2n) is 4.66. The van der Waals surface area contributed by atoms with Gasteiger partial charge in [-0.15, -0.1) is 0 Å². The lowest BCUT2D eigenvalue weighted by Crippen LogP contribution is -2.22. The predicted molar refractivity (Wildman–Crippen MR) is 73.8 cm³/mol. The van der Waals surface area contributed by atoms with Gasteiger partial charge in [0, 0.05) is 6.04 Å². The van der Waals surface area contributed by atoms with Crippen LogP contribution in [0.25, 0.3) is 0 Å². The quantitative estimate of drug-likeness (QED) is 0.644. The van der Waals surface area contributed by atoms with Gasteiger partial charge in [-0.2, -0.15) is 0 Å². The fourth-order valence-electron chi connectivity index (χ4n) is 2.29. The first-order valence-corrected chi connectivity index (χ1v) is 6.50. The van der Waals surface area contributed by atoms with E-state index < -0.39 is 0 Å². The fraction of sp³-hybridized carbons (Fsp3) is 0.538. The highest BCUT2D eigenvalue weighted by molar-refractivity contribution is 5.64. The van der Waals surface area contributed by atoms with Crippen LogP contribution in [0.2, 0.25) is 0 Å². The number of rotatable bonds is 4. The van der Waals surface area contributed by atoms with Gasteiger partial charge in [0.15, 0.2) is 0 Å². The third-order valence-corrected chi connectivity index (χ3v) is 3.34. The summed E-state index contributed by atoms with van der Waals surface area (Å²) in [5.41, 5.74) is 0.634. The molecule has 2 N–H and O–H groups in total. The van der Waals surface area contributed by atoms with E-state index in [1.807, 2.05) is 0 Å². The summed E-state index contributed by atoms with van der Waals surface area (Å²) < 4.78 is 5.03. The van der Waals surface area contributed by atoms with Crippen molar-refractivity contribution in [2.45, 2.75) is 25.3 Å². The minimum absolute atomic E-state index is 0.0663. The number of nitro benzene ring substituents is 1. The van der Waals surface area contributed by atoms with Crippen LogP contribution in [0.5, 0.6) is 5.75 Å². The lowest BCUT2D eigenvalue weighted by atomic mass is 10.1. The van der Waals surface area contributed by atoms with Gasteiger partial charge in [0.2, 0.25) is 0 Å². The molecule has 1 aromatic carbocycles. The first kappa shape index (κ1) is 13.6. The molecular weight excluding hydrogens is 246 g/mol. The number of hydrogen-bond acceptors (Lipinski definition) is 5. The molecule has 1 unspecified atom stereocenters. The molecule has 6 heteroatoms. The molecule has 19 heavy (non-hydrogen) atoms. The van der Waals surface area contributed by atoms with Gasteiger partial charge in [0.1, 0.15) is 11.4 Å². The molecule has 0 bridgehead atoms. The molecule has 6 nitrogen and oxygen atoms in total. The largest absolute Gasteiger partial charge is 0.496 e. The fourth-order valence-corrected chi connectivity index (χ4v) is 2.29. The van der Waals surface area contributed by atoms with Gasteiger partial charge in [0.05, 0.1) is 18.1 Å². The van der Waals surface area contributed by atoms with E-state index in [0.717, 1.165) is 32.4 Å². The number of benzene rings is 1. The van der Waals surface area contributed by atoms with Crippen LogP contribution in [0.4, 0.5) is 11.4 Å². The van der Waals surface area contributed by atoms with Crippen molar-refractivity contribution in [3.63, 3.8) is 0 Å². The standard InChI is InChI=1S/C13H19N3O3/c1-19-11-4-5-12(13(9-11)16(17)18)15-10-3-2-7-14-8-6-10/h4-5,9-10,14-15H,2-3,6-8H2,1H3. The molecule has 0 aromatic heterocycles. The predicted octanol–water partition coefficient (Wildman–Crippen LogP) is 2.16. The zero-order valence-electron chi connectivity index (χ0n) is 11.0. The van der Waals surface area contributed by atoms with Crippen LogP contribution in [0.1, 0.15) is 19.3 Å². The second-order valence-corrected chi connectivity index (χ2v) is 4.66. The molecule has 1 heterocycles. The zero-order chi connectivity index (χ0) is 13.7. The highest BCUT2D eigenvalue weighted by Crippen LogP contribution is 2.30. The SMILES string of the molecule is COc1ccc(NC2CCCNCC2)c([N+](=O)[O-])c1. The summed E-state index contributed by atoms with van der Waals surface area (Å²) in [6.45, 7) is 1.96.